The Kier molecular flexibility index (Phi) is 4.12. The lowest BCUT2D eigenvalue weighted by Crippen LogP contribution is -2.43. The zero-order valence-corrected chi connectivity index (χ0v) is 14.4. The Balaban J connectivity index is 1.45. The highest BCUT2D eigenvalue weighted by Crippen LogP contribution is 2.45. The Morgan fingerprint density at radius 3 is 2.75 bits per heavy atom. The van der Waals surface area contributed by atoms with Crippen LogP contribution in [0.3, 0.4) is 0 Å². The first-order valence-electron chi connectivity index (χ1n) is 9.19. The van der Waals surface area contributed by atoms with Crippen molar-refractivity contribution in [3.05, 3.63) is 17.5 Å². The third-order valence-electron chi connectivity index (χ3n) is 6.28. The number of carboxylic acids is 1. The van der Waals surface area contributed by atoms with Gasteiger partial charge in [0.15, 0.2) is 5.76 Å². The number of rotatable bonds is 4. The number of aliphatic carboxylic acids is 1. The van der Waals surface area contributed by atoms with Crippen LogP contribution in [0.4, 0.5) is 0 Å². The van der Waals surface area contributed by atoms with Crippen LogP contribution >= 0.6 is 0 Å². The molecule has 2 aliphatic heterocycles. The van der Waals surface area contributed by atoms with Gasteiger partial charge in [0.25, 0.3) is 0 Å². The van der Waals surface area contributed by atoms with Crippen LogP contribution < -0.4 is 0 Å². The van der Waals surface area contributed by atoms with Crippen molar-refractivity contribution in [3.63, 3.8) is 0 Å². The summed E-state index contributed by atoms with van der Waals surface area (Å²) in [5.41, 5.74) is 0.271. The summed E-state index contributed by atoms with van der Waals surface area (Å²) in [6, 6.07) is 2.54. The van der Waals surface area contributed by atoms with Gasteiger partial charge >= 0.3 is 5.97 Å². The highest BCUT2D eigenvalue weighted by molar-refractivity contribution is 5.77. The fourth-order valence-corrected chi connectivity index (χ4v) is 5.07. The predicted octanol–water partition coefficient (Wildman–Crippen LogP) is 2.13. The minimum Gasteiger partial charge on any atom is -0.481 e. The Hall–Kier alpha value is -1.40. The molecule has 0 spiro atoms. The van der Waals surface area contributed by atoms with E-state index in [1.54, 1.807) is 0 Å². The van der Waals surface area contributed by atoms with Crippen LogP contribution in [0.15, 0.2) is 10.6 Å². The average molecular weight is 333 g/mol. The number of carboxylic acid groups (broad SMARTS) is 1. The topological polar surface area (TPSA) is 69.8 Å². The average Bonchev–Trinajstić information content (AvgIpc) is 3.21. The molecule has 0 aromatic carbocycles. The minimum absolute atomic E-state index is 0.223. The molecule has 2 saturated heterocycles. The molecule has 3 fully saturated rings. The van der Waals surface area contributed by atoms with Crippen molar-refractivity contribution < 1.29 is 14.4 Å². The molecular weight excluding hydrogens is 306 g/mol. The maximum atomic E-state index is 12.1. The first kappa shape index (κ1) is 16.1. The summed E-state index contributed by atoms with van der Waals surface area (Å²) >= 11 is 0. The molecule has 0 bridgehead atoms. The van der Waals surface area contributed by atoms with E-state index in [0.29, 0.717) is 25.7 Å². The van der Waals surface area contributed by atoms with E-state index < -0.39 is 11.4 Å². The monoisotopic (exact) mass is 333 g/mol. The number of aromatic nitrogens is 1. The Labute approximate surface area is 142 Å². The summed E-state index contributed by atoms with van der Waals surface area (Å²) in [5.74, 6) is 0.431. The quantitative estimate of drug-likeness (QED) is 0.910. The summed E-state index contributed by atoms with van der Waals surface area (Å²) in [5, 5.41) is 13.9. The molecule has 0 radical (unpaired) electrons. The number of aryl methyl sites for hydroxylation is 1. The van der Waals surface area contributed by atoms with Crippen molar-refractivity contribution in [1.82, 2.24) is 15.0 Å². The molecule has 3 aliphatic rings. The van der Waals surface area contributed by atoms with Gasteiger partial charge in [-0.25, -0.2) is 0 Å². The molecule has 1 saturated carbocycles. The minimum atomic E-state index is -0.623. The largest absolute Gasteiger partial charge is 0.481 e. The molecule has 6 nitrogen and oxygen atoms in total. The fraction of sp³-hybridized carbons (Fsp3) is 0.778. The standard InChI is InChI=1S/C18H27N3O3/c1-13-7-16(24-19-13)10-20-8-14-9-21(15-5-3-2-4-6-15)12-18(14,11-20)17(22)23/h7,14-15H,2-6,8-12H2,1H3,(H,22,23)/t14-,18-/m0/s1. The van der Waals surface area contributed by atoms with Crippen LogP contribution in [0.5, 0.6) is 0 Å². The maximum Gasteiger partial charge on any atom is 0.312 e. The molecule has 3 heterocycles. The molecule has 24 heavy (non-hydrogen) atoms. The van der Waals surface area contributed by atoms with Crippen LogP contribution in [0.25, 0.3) is 0 Å². The van der Waals surface area contributed by atoms with Crippen LogP contribution in [-0.2, 0) is 11.3 Å². The van der Waals surface area contributed by atoms with Gasteiger partial charge in [0.05, 0.1) is 17.7 Å². The van der Waals surface area contributed by atoms with Gasteiger partial charge in [-0.05, 0) is 19.8 Å². The fourth-order valence-electron chi connectivity index (χ4n) is 5.07. The Bertz CT molecular complexity index is 610. The third kappa shape index (κ3) is 2.75. The van der Waals surface area contributed by atoms with E-state index in [1.165, 1.54) is 32.1 Å². The van der Waals surface area contributed by atoms with Gasteiger partial charge in [-0.1, -0.05) is 24.4 Å². The number of nitrogens with zero attached hydrogens (tertiary/aromatic N) is 3. The second-order valence-electron chi connectivity index (χ2n) is 7.98. The summed E-state index contributed by atoms with van der Waals surface area (Å²) < 4.78 is 5.31. The molecule has 4 rings (SSSR count). The van der Waals surface area contributed by atoms with Crippen molar-refractivity contribution in [2.75, 3.05) is 26.2 Å². The van der Waals surface area contributed by atoms with Crippen molar-refractivity contribution >= 4 is 5.97 Å². The zero-order valence-electron chi connectivity index (χ0n) is 14.4. The highest BCUT2D eigenvalue weighted by atomic mass is 16.5. The molecule has 0 amide bonds. The molecule has 6 heteroatoms. The lowest BCUT2D eigenvalue weighted by atomic mass is 9.81. The Morgan fingerprint density at radius 1 is 1.33 bits per heavy atom. The van der Waals surface area contributed by atoms with Crippen LogP contribution in [0.2, 0.25) is 0 Å². The lowest BCUT2D eigenvalue weighted by Gasteiger charge is -2.33. The van der Waals surface area contributed by atoms with E-state index in [-0.39, 0.29) is 5.92 Å². The third-order valence-corrected chi connectivity index (χ3v) is 6.28. The predicted molar refractivity (Wildman–Crippen MR) is 88.5 cm³/mol. The van der Waals surface area contributed by atoms with Gasteiger partial charge in [0.1, 0.15) is 0 Å². The first-order chi connectivity index (χ1) is 11.6. The molecule has 0 unspecified atom stereocenters. The van der Waals surface area contributed by atoms with Crippen LogP contribution in [0, 0.1) is 18.3 Å². The molecule has 1 aromatic heterocycles. The van der Waals surface area contributed by atoms with Gasteiger partial charge in [-0.15, -0.1) is 0 Å². The second-order valence-corrected chi connectivity index (χ2v) is 7.98. The van der Waals surface area contributed by atoms with E-state index in [4.69, 9.17) is 4.52 Å². The van der Waals surface area contributed by atoms with E-state index in [0.717, 1.165) is 24.5 Å². The van der Waals surface area contributed by atoms with Crippen molar-refractivity contribution in [2.24, 2.45) is 11.3 Å². The lowest BCUT2D eigenvalue weighted by molar-refractivity contribution is -0.149. The summed E-state index contributed by atoms with van der Waals surface area (Å²) in [4.78, 5) is 16.9. The van der Waals surface area contributed by atoms with E-state index >= 15 is 0 Å². The second kappa shape index (κ2) is 6.15. The van der Waals surface area contributed by atoms with Gasteiger partial charge in [0, 0.05) is 44.2 Å². The number of carbonyl (C=O) groups is 1. The normalized spacial score (nSPS) is 32.3. The molecule has 1 aromatic rings. The van der Waals surface area contributed by atoms with E-state index in [9.17, 15) is 9.90 Å². The Morgan fingerprint density at radius 2 is 2.12 bits per heavy atom. The van der Waals surface area contributed by atoms with Crippen LogP contribution in [0.1, 0.15) is 43.6 Å². The molecule has 2 atom stereocenters. The van der Waals surface area contributed by atoms with Crippen molar-refractivity contribution in [2.45, 2.75) is 51.6 Å². The van der Waals surface area contributed by atoms with Gasteiger partial charge < -0.3 is 9.63 Å². The first-order valence-corrected chi connectivity index (χ1v) is 9.19. The van der Waals surface area contributed by atoms with Crippen LogP contribution in [-0.4, -0.2) is 58.3 Å². The summed E-state index contributed by atoms with van der Waals surface area (Å²) in [6.07, 6.45) is 6.40. The van der Waals surface area contributed by atoms with E-state index in [2.05, 4.69) is 15.0 Å². The number of likely N-dealkylation sites (tertiary alicyclic amines) is 2. The molecule has 1 N–H and O–H groups in total. The van der Waals surface area contributed by atoms with Gasteiger partial charge in [0.2, 0.25) is 0 Å². The summed E-state index contributed by atoms with van der Waals surface area (Å²) in [6.45, 7) is 5.68. The van der Waals surface area contributed by atoms with Crippen molar-refractivity contribution in [3.8, 4) is 0 Å². The number of hydrogen-bond acceptors (Lipinski definition) is 5. The smallest absolute Gasteiger partial charge is 0.312 e. The maximum absolute atomic E-state index is 12.1. The number of fused-ring (bicyclic) bond motifs is 1. The summed E-state index contributed by atoms with van der Waals surface area (Å²) in [7, 11) is 0. The highest BCUT2D eigenvalue weighted by Gasteiger charge is 2.58. The number of hydrogen-bond donors (Lipinski definition) is 1. The zero-order chi connectivity index (χ0) is 16.7. The SMILES string of the molecule is Cc1cc(CN2C[C@H]3CN(C4CCCCC4)C[C@@]3(C(=O)O)C2)on1. The van der Waals surface area contributed by atoms with Gasteiger partial charge in [-0.3, -0.25) is 14.6 Å². The molecule has 132 valence electrons. The molecule has 1 aliphatic carbocycles. The van der Waals surface area contributed by atoms with E-state index in [1.807, 2.05) is 13.0 Å². The van der Waals surface area contributed by atoms with Crippen molar-refractivity contribution in [1.29, 1.82) is 0 Å². The molecular formula is C18H27N3O3. The van der Waals surface area contributed by atoms with Gasteiger partial charge in [-0.2, -0.15) is 0 Å².